The molecule has 64 valence electrons. The van der Waals surface area contributed by atoms with Crippen LogP contribution in [0.15, 0.2) is 12.4 Å². The van der Waals surface area contributed by atoms with E-state index in [9.17, 15) is 0 Å². The third kappa shape index (κ3) is 3.98. The molecule has 0 fully saturated rings. The highest BCUT2D eigenvalue weighted by Crippen LogP contribution is 1.95. The number of hydrogen-bond donors (Lipinski definition) is 2. The first-order valence-corrected chi connectivity index (χ1v) is 2.59. The van der Waals surface area contributed by atoms with Gasteiger partial charge in [0.2, 0.25) is 0 Å². The first-order valence-electron chi connectivity index (χ1n) is 2.59. The molecule has 4 nitrogen and oxygen atoms in total. The topological polar surface area (TPSA) is 77.8 Å². The van der Waals surface area contributed by atoms with Crippen molar-refractivity contribution in [3.63, 3.8) is 0 Å². The Labute approximate surface area is 77.2 Å². The van der Waals surface area contributed by atoms with Crippen LogP contribution in [0.4, 0.5) is 5.82 Å². The Morgan fingerprint density at radius 1 is 1.27 bits per heavy atom. The second kappa shape index (κ2) is 6.15. The predicted octanol–water partition coefficient (Wildman–Crippen LogP) is 0.361. The Bertz CT molecular complexity index is 205. The van der Waals surface area contributed by atoms with E-state index < -0.39 is 0 Å². The fourth-order valence-corrected chi connectivity index (χ4v) is 0.527. The smallest absolute Gasteiger partial charge is 0.127 e. The van der Waals surface area contributed by atoms with E-state index in [1.54, 1.807) is 6.07 Å². The number of rotatable bonds is 1. The average Bonchev–Trinajstić information content (AvgIpc) is 1.88. The number of halogens is 2. The van der Waals surface area contributed by atoms with E-state index in [4.69, 9.17) is 11.5 Å². The summed E-state index contributed by atoms with van der Waals surface area (Å²) in [5, 5.41) is 0. The molecular weight excluding hydrogens is 187 g/mol. The zero-order valence-electron chi connectivity index (χ0n) is 5.73. The van der Waals surface area contributed by atoms with Gasteiger partial charge in [-0.15, -0.1) is 24.8 Å². The molecule has 0 unspecified atom stereocenters. The Morgan fingerprint density at radius 2 is 1.91 bits per heavy atom. The highest BCUT2D eigenvalue weighted by molar-refractivity contribution is 5.85. The lowest BCUT2D eigenvalue weighted by Gasteiger charge is -1.93. The molecule has 0 amide bonds. The number of nitrogen functional groups attached to an aromatic ring is 1. The average molecular weight is 197 g/mol. The van der Waals surface area contributed by atoms with Gasteiger partial charge in [-0.1, -0.05) is 0 Å². The van der Waals surface area contributed by atoms with Crippen LogP contribution in [-0.2, 0) is 6.54 Å². The molecule has 1 rings (SSSR count). The summed E-state index contributed by atoms with van der Waals surface area (Å²) >= 11 is 0. The van der Waals surface area contributed by atoms with Gasteiger partial charge in [-0.2, -0.15) is 0 Å². The van der Waals surface area contributed by atoms with Gasteiger partial charge in [0, 0.05) is 12.6 Å². The van der Waals surface area contributed by atoms with Gasteiger partial charge in [0.25, 0.3) is 0 Å². The monoisotopic (exact) mass is 196 g/mol. The fraction of sp³-hybridized carbons (Fsp3) is 0.200. The Balaban J connectivity index is 0. The van der Waals surface area contributed by atoms with E-state index in [1.165, 1.54) is 6.33 Å². The molecule has 0 bridgehead atoms. The molecule has 1 aromatic rings. The van der Waals surface area contributed by atoms with Crippen molar-refractivity contribution < 1.29 is 0 Å². The number of anilines is 1. The van der Waals surface area contributed by atoms with Crippen LogP contribution in [0, 0.1) is 0 Å². The molecule has 0 aromatic carbocycles. The van der Waals surface area contributed by atoms with E-state index in [-0.39, 0.29) is 24.8 Å². The van der Waals surface area contributed by atoms with E-state index in [0.717, 1.165) is 5.69 Å². The van der Waals surface area contributed by atoms with E-state index in [1.807, 2.05) is 0 Å². The van der Waals surface area contributed by atoms with Crippen LogP contribution in [-0.4, -0.2) is 9.97 Å². The zero-order valence-corrected chi connectivity index (χ0v) is 7.36. The minimum atomic E-state index is 0. The van der Waals surface area contributed by atoms with Gasteiger partial charge in [-0.05, 0) is 0 Å². The van der Waals surface area contributed by atoms with Crippen molar-refractivity contribution in [1.29, 1.82) is 0 Å². The van der Waals surface area contributed by atoms with Crippen molar-refractivity contribution in [2.75, 3.05) is 5.73 Å². The molecule has 0 saturated heterocycles. The molecule has 0 atom stereocenters. The van der Waals surface area contributed by atoms with Gasteiger partial charge in [0.05, 0.1) is 5.69 Å². The van der Waals surface area contributed by atoms with Gasteiger partial charge < -0.3 is 11.5 Å². The van der Waals surface area contributed by atoms with Crippen LogP contribution in [0.3, 0.4) is 0 Å². The molecule has 0 aliphatic heterocycles. The van der Waals surface area contributed by atoms with Crippen LogP contribution in [0.5, 0.6) is 0 Å². The summed E-state index contributed by atoms with van der Waals surface area (Å²) in [4.78, 5) is 7.54. The number of nitrogens with zero attached hydrogens (tertiary/aromatic N) is 2. The third-order valence-corrected chi connectivity index (χ3v) is 0.954. The van der Waals surface area contributed by atoms with Gasteiger partial charge in [0.15, 0.2) is 0 Å². The van der Waals surface area contributed by atoms with E-state index in [0.29, 0.717) is 12.4 Å². The second-order valence-corrected chi connectivity index (χ2v) is 1.64. The van der Waals surface area contributed by atoms with Gasteiger partial charge in [-0.25, -0.2) is 9.97 Å². The van der Waals surface area contributed by atoms with Crippen LogP contribution >= 0.6 is 24.8 Å². The van der Waals surface area contributed by atoms with Crippen LogP contribution in [0.25, 0.3) is 0 Å². The Hall–Kier alpha value is -0.580. The molecule has 11 heavy (non-hydrogen) atoms. The molecule has 0 aliphatic carbocycles. The van der Waals surface area contributed by atoms with Gasteiger partial charge in [-0.3, -0.25) is 0 Å². The standard InChI is InChI=1S/C5H8N4.2ClH/c6-2-4-1-5(7)9-3-8-4;;/h1,3H,2,6H2,(H2,7,8,9);2*1H. The highest BCUT2D eigenvalue weighted by Gasteiger charge is 1.89. The summed E-state index contributed by atoms with van der Waals surface area (Å²) in [6.07, 6.45) is 1.40. The third-order valence-electron chi connectivity index (χ3n) is 0.954. The molecule has 0 spiro atoms. The Morgan fingerprint density at radius 3 is 2.27 bits per heavy atom. The summed E-state index contributed by atoms with van der Waals surface area (Å²) in [7, 11) is 0. The van der Waals surface area contributed by atoms with Crippen molar-refractivity contribution in [2.24, 2.45) is 5.73 Å². The summed E-state index contributed by atoms with van der Waals surface area (Å²) in [5.74, 6) is 0.463. The Kier molecular flexibility index (Phi) is 7.29. The SMILES string of the molecule is Cl.Cl.NCc1cc(N)ncn1. The molecular formula is C5H10Cl2N4. The first-order chi connectivity index (χ1) is 4.33. The minimum absolute atomic E-state index is 0. The molecule has 1 heterocycles. The van der Waals surface area contributed by atoms with Gasteiger partial charge >= 0.3 is 0 Å². The van der Waals surface area contributed by atoms with Crippen LogP contribution < -0.4 is 11.5 Å². The molecule has 6 heteroatoms. The largest absolute Gasteiger partial charge is 0.384 e. The maximum Gasteiger partial charge on any atom is 0.127 e. The van der Waals surface area contributed by atoms with Crippen LogP contribution in [0.2, 0.25) is 0 Å². The summed E-state index contributed by atoms with van der Waals surface area (Å²) in [5.41, 5.74) is 11.4. The highest BCUT2D eigenvalue weighted by atomic mass is 35.5. The number of hydrogen-bond acceptors (Lipinski definition) is 4. The number of nitrogens with two attached hydrogens (primary N) is 2. The van der Waals surface area contributed by atoms with Crippen molar-refractivity contribution >= 4 is 30.6 Å². The normalized spacial score (nSPS) is 7.73. The first kappa shape index (κ1) is 13.0. The fourth-order valence-electron chi connectivity index (χ4n) is 0.527. The quantitative estimate of drug-likeness (QED) is 0.681. The molecule has 4 N–H and O–H groups in total. The van der Waals surface area contributed by atoms with E-state index >= 15 is 0 Å². The van der Waals surface area contributed by atoms with Crippen molar-refractivity contribution in [1.82, 2.24) is 9.97 Å². The lowest BCUT2D eigenvalue weighted by atomic mass is 10.4. The maximum absolute atomic E-state index is 5.33. The number of aromatic nitrogens is 2. The minimum Gasteiger partial charge on any atom is -0.384 e. The summed E-state index contributed by atoms with van der Waals surface area (Å²) in [6, 6.07) is 1.65. The van der Waals surface area contributed by atoms with E-state index in [2.05, 4.69) is 9.97 Å². The molecule has 0 saturated carbocycles. The van der Waals surface area contributed by atoms with Crippen molar-refractivity contribution in [3.05, 3.63) is 18.1 Å². The lowest BCUT2D eigenvalue weighted by molar-refractivity contribution is 0.967. The molecule has 0 aliphatic rings. The zero-order chi connectivity index (χ0) is 6.69. The lowest BCUT2D eigenvalue weighted by Crippen LogP contribution is -2.01. The van der Waals surface area contributed by atoms with Crippen molar-refractivity contribution in [3.8, 4) is 0 Å². The van der Waals surface area contributed by atoms with Crippen molar-refractivity contribution in [2.45, 2.75) is 6.54 Å². The predicted molar refractivity (Wildman–Crippen MR) is 48.8 cm³/mol. The second-order valence-electron chi connectivity index (χ2n) is 1.64. The molecule has 0 radical (unpaired) electrons. The summed E-state index contributed by atoms with van der Waals surface area (Å²) in [6.45, 7) is 0.409. The van der Waals surface area contributed by atoms with Gasteiger partial charge in [0.1, 0.15) is 12.1 Å². The summed E-state index contributed by atoms with van der Waals surface area (Å²) < 4.78 is 0. The maximum atomic E-state index is 5.33. The molecule has 1 aromatic heterocycles. The van der Waals surface area contributed by atoms with Crippen LogP contribution in [0.1, 0.15) is 5.69 Å².